The Labute approximate surface area is 365 Å². The zero-order chi connectivity index (χ0) is 41.2. The lowest BCUT2D eigenvalue weighted by Gasteiger charge is -2.14. The van der Waals surface area contributed by atoms with E-state index in [1.807, 2.05) is 23.5 Å². The lowest BCUT2D eigenvalue weighted by Crippen LogP contribution is -1.93. The molecule has 0 saturated carbocycles. The molecular weight excluding hydrogens is 785 g/mol. The number of hydrogen-bond acceptors (Lipinski definition) is 3. The van der Waals surface area contributed by atoms with Gasteiger partial charge >= 0.3 is 0 Å². The third kappa shape index (κ3) is 5.10. The maximum absolute atomic E-state index is 6.38. The highest BCUT2D eigenvalue weighted by molar-refractivity contribution is 7.26. The van der Waals surface area contributed by atoms with E-state index in [0.717, 1.165) is 61.0 Å². The van der Waals surface area contributed by atoms with Crippen LogP contribution in [0.5, 0.6) is 0 Å². The predicted octanol–water partition coefficient (Wildman–Crippen LogP) is 16.9. The lowest BCUT2D eigenvalue weighted by atomic mass is 9.91. The molecule has 0 aliphatic heterocycles. The van der Waals surface area contributed by atoms with Gasteiger partial charge in [0, 0.05) is 37.2 Å². The minimum atomic E-state index is 0.915. The van der Waals surface area contributed by atoms with Gasteiger partial charge < -0.3 is 4.42 Å². The summed E-state index contributed by atoms with van der Waals surface area (Å²) in [6.45, 7) is 0. The monoisotopic (exact) mass is 818 g/mol. The number of thiophene rings is 1. The molecule has 0 bridgehead atoms. The Kier molecular flexibility index (Phi) is 7.27. The molecule has 10 aromatic carbocycles. The van der Waals surface area contributed by atoms with Crippen LogP contribution < -0.4 is 0 Å². The van der Waals surface area contributed by atoms with Gasteiger partial charge in [-0.15, -0.1) is 11.3 Å². The number of rotatable bonds is 4. The van der Waals surface area contributed by atoms with Crippen molar-refractivity contribution < 1.29 is 4.42 Å². The highest BCUT2D eigenvalue weighted by atomic mass is 32.1. The van der Waals surface area contributed by atoms with Gasteiger partial charge in [-0.25, -0.2) is 4.98 Å². The van der Waals surface area contributed by atoms with E-state index in [4.69, 9.17) is 9.40 Å². The van der Waals surface area contributed by atoms with Crippen LogP contribution in [0.25, 0.3) is 136 Å². The molecule has 63 heavy (non-hydrogen) atoms. The van der Waals surface area contributed by atoms with E-state index < -0.39 is 0 Å². The smallest absolute Gasteiger partial charge is 0.156 e. The number of furan rings is 1. The Hall–Kier alpha value is -8.05. The molecule has 0 atom stereocenters. The van der Waals surface area contributed by atoms with Crippen LogP contribution in [0.2, 0.25) is 0 Å². The third-order valence-corrected chi connectivity index (χ3v) is 14.4. The molecule has 14 rings (SSSR count). The van der Waals surface area contributed by atoms with Crippen molar-refractivity contribution in [1.29, 1.82) is 0 Å². The number of pyridine rings is 1. The minimum Gasteiger partial charge on any atom is -0.455 e. The molecule has 0 radical (unpaired) electrons. The van der Waals surface area contributed by atoms with Crippen molar-refractivity contribution in [3.63, 3.8) is 0 Å². The van der Waals surface area contributed by atoms with Crippen LogP contribution in [0, 0.1) is 0 Å². The summed E-state index contributed by atoms with van der Waals surface area (Å²) >= 11 is 1.83. The maximum Gasteiger partial charge on any atom is 0.156 e. The molecule has 0 spiro atoms. The second-order valence-electron chi connectivity index (χ2n) is 16.6. The Morgan fingerprint density at radius 3 is 1.76 bits per heavy atom. The maximum atomic E-state index is 6.38. The Morgan fingerprint density at radius 2 is 1.00 bits per heavy atom. The average molecular weight is 819 g/mol. The summed E-state index contributed by atoms with van der Waals surface area (Å²) in [5.41, 5.74) is 14.3. The van der Waals surface area contributed by atoms with Crippen molar-refractivity contribution in [3.05, 3.63) is 206 Å². The Morgan fingerprint density at radius 1 is 0.397 bits per heavy atom. The average Bonchev–Trinajstić information content (AvgIpc) is 4.05. The number of fused-ring (bicyclic) bond motifs is 15. The van der Waals surface area contributed by atoms with Gasteiger partial charge in [-0.05, 0) is 84.6 Å². The molecule has 0 fully saturated rings. The summed E-state index contributed by atoms with van der Waals surface area (Å²) in [5, 5.41) is 12.2. The van der Waals surface area contributed by atoms with Crippen LogP contribution in [0.4, 0.5) is 0 Å². The van der Waals surface area contributed by atoms with Crippen LogP contribution in [0.3, 0.4) is 0 Å². The van der Waals surface area contributed by atoms with Crippen molar-refractivity contribution in [1.82, 2.24) is 9.38 Å². The summed E-state index contributed by atoms with van der Waals surface area (Å²) in [4.78, 5) is 5.50. The fraction of sp³-hybridized carbons (Fsp3) is 0. The fourth-order valence-electron chi connectivity index (χ4n) is 10.2. The fourth-order valence-corrected chi connectivity index (χ4v) is 11.4. The zero-order valence-electron chi connectivity index (χ0n) is 33.8. The van der Waals surface area contributed by atoms with E-state index in [9.17, 15) is 0 Å². The van der Waals surface area contributed by atoms with Gasteiger partial charge in [0.2, 0.25) is 0 Å². The van der Waals surface area contributed by atoms with Crippen molar-refractivity contribution in [2.24, 2.45) is 0 Å². The first-order chi connectivity index (χ1) is 31.2. The first-order valence-corrected chi connectivity index (χ1v) is 22.3. The summed E-state index contributed by atoms with van der Waals surface area (Å²) in [7, 11) is 0. The van der Waals surface area contributed by atoms with E-state index >= 15 is 0 Å². The van der Waals surface area contributed by atoms with Gasteiger partial charge in [0.15, 0.2) is 5.65 Å². The number of benzene rings is 10. The Bertz CT molecular complexity index is 4190. The van der Waals surface area contributed by atoms with E-state index in [2.05, 4.69) is 199 Å². The second kappa shape index (κ2) is 13.2. The molecule has 0 amide bonds. The molecule has 0 N–H and O–H groups in total. The van der Waals surface area contributed by atoms with Gasteiger partial charge in [0.1, 0.15) is 11.2 Å². The number of imidazole rings is 1. The largest absolute Gasteiger partial charge is 0.455 e. The third-order valence-electron chi connectivity index (χ3n) is 13.2. The van der Waals surface area contributed by atoms with Crippen molar-refractivity contribution in [2.45, 2.75) is 0 Å². The molecule has 14 aromatic rings. The van der Waals surface area contributed by atoms with Gasteiger partial charge in [-0.1, -0.05) is 182 Å². The lowest BCUT2D eigenvalue weighted by molar-refractivity contribution is 0.670. The van der Waals surface area contributed by atoms with Crippen LogP contribution in [0.1, 0.15) is 0 Å². The van der Waals surface area contributed by atoms with Gasteiger partial charge in [-0.3, -0.25) is 4.40 Å². The topological polar surface area (TPSA) is 30.4 Å². The Balaban J connectivity index is 0.882. The van der Waals surface area contributed by atoms with Crippen LogP contribution in [0.15, 0.2) is 211 Å². The van der Waals surface area contributed by atoms with E-state index in [0.29, 0.717) is 0 Å². The SMILES string of the molecule is c1ccc2c(c1)ccc1c2ccc2c1nc1c3sc4ccccc4c3cc(-c3ccc(-c4ccc(-c5ccc(-c6cccc7c6oc6ccccc67)cc5)c5ccccc45)cc3)n21. The highest BCUT2D eigenvalue weighted by Gasteiger charge is 2.20. The van der Waals surface area contributed by atoms with Gasteiger partial charge in [0.25, 0.3) is 0 Å². The molecule has 3 nitrogen and oxygen atoms in total. The molecule has 0 saturated heterocycles. The number of nitrogens with zero attached hydrogens (tertiary/aromatic N) is 2. The standard InChI is InChI=1S/C59H34N2OS/c1-2-11-40-35(10-1)28-29-49-46(40)32-33-52-56(49)60-59-58-51(48-15-6-8-19-55(48)63-58)34-53(61(52)59)39-26-24-37(25-27-39)42-31-30-41(44-12-3-4-13-45(42)44)36-20-22-38(23-21-36)43-16-9-17-50-47-14-5-7-18-54(47)62-57(43)50/h1-34H. The van der Waals surface area contributed by atoms with Crippen molar-refractivity contribution in [3.8, 4) is 44.6 Å². The van der Waals surface area contributed by atoms with E-state index in [-0.39, 0.29) is 0 Å². The quantitative estimate of drug-likeness (QED) is 0.166. The molecule has 0 unspecified atom stereocenters. The molecule has 4 heteroatoms. The molecular formula is C59H34N2OS. The molecule has 0 aliphatic rings. The highest BCUT2D eigenvalue weighted by Crippen LogP contribution is 2.44. The van der Waals surface area contributed by atoms with Gasteiger partial charge in [-0.2, -0.15) is 0 Å². The summed E-state index contributed by atoms with van der Waals surface area (Å²) < 4.78 is 11.3. The molecule has 0 aliphatic carbocycles. The van der Waals surface area contributed by atoms with Crippen LogP contribution >= 0.6 is 11.3 Å². The first kappa shape index (κ1) is 34.6. The second-order valence-corrected chi connectivity index (χ2v) is 17.7. The summed E-state index contributed by atoms with van der Waals surface area (Å²) in [5.74, 6) is 0. The van der Waals surface area contributed by atoms with E-state index in [1.54, 1.807) is 0 Å². The molecule has 4 aromatic heterocycles. The summed E-state index contributed by atoms with van der Waals surface area (Å²) in [6.07, 6.45) is 0. The number of aromatic nitrogens is 2. The van der Waals surface area contributed by atoms with Gasteiger partial charge in [0.05, 0.1) is 21.4 Å². The molecule has 4 heterocycles. The zero-order valence-corrected chi connectivity index (χ0v) is 34.7. The normalized spacial score (nSPS) is 12.1. The molecule has 292 valence electrons. The van der Waals surface area contributed by atoms with E-state index in [1.165, 1.54) is 74.7 Å². The van der Waals surface area contributed by atoms with Crippen molar-refractivity contribution in [2.75, 3.05) is 0 Å². The number of para-hydroxylation sites is 2. The van der Waals surface area contributed by atoms with Crippen molar-refractivity contribution >= 4 is 102 Å². The summed E-state index contributed by atoms with van der Waals surface area (Å²) in [6, 6.07) is 74.9. The van der Waals surface area contributed by atoms with Crippen LogP contribution in [-0.4, -0.2) is 9.38 Å². The minimum absolute atomic E-state index is 0.915. The van der Waals surface area contributed by atoms with Crippen LogP contribution in [-0.2, 0) is 0 Å². The first-order valence-electron chi connectivity index (χ1n) is 21.4. The number of hydrogen-bond donors (Lipinski definition) is 0. The predicted molar refractivity (Wildman–Crippen MR) is 267 cm³/mol.